The summed E-state index contributed by atoms with van der Waals surface area (Å²) >= 11 is 0. The highest BCUT2D eigenvalue weighted by Gasteiger charge is 2.09. The van der Waals surface area contributed by atoms with Gasteiger partial charge in [-0.1, -0.05) is 18.2 Å². The van der Waals surface area contributed by atoms with Crippen LogP contribution in [0, 0.1) is 0 Å². The van der Waals surface area contributed by atoms with Crippen molar-refractivity contribution in [2.75, 3.05) is 18.0 Å². The van der Waals surface area contributed by atoms with Gasteiger partial charge in [-0.2, -0.15) is 0 Å². The molecule has 72 valence electrons. The van der Waals surface area contributed by atoms with Crippen LogP contribution >= 0.6 is 0 Å². The van der Waals surface area contributed by atoms with Crippen molar-refractivity contribution >= 4 is 5.69 Å². The number of para-hydroxylation sites is 1. The summed E-state index contributed by atoms with van der Waals surface area (Å²) in [6, 6.07) is 10.8. The van der Waals surface area contributed by atoms with E-state index in [0.29, 0.717) is 12.6 Å². The minimum Gasteiger partial charge on any atom is -0.368 e. The first-order valence-corrected chi connectivity index (χ1v) is 4.81. The van der Waals surface area contributed by atoms with E-state index in [4.69, 9.17) is 5.73 Å². The van der Waals surface area contributed by atoms with Gasteiger partial charge in [0.25, 0.3) is 0 Å². The van der Waals surface area contributed by atoms with Crippen molar-refractivity contribution in [3.8, 4) is 0 Å². The van der Waals surface area contributed by atoms with Gasteiger partial charge in [0.2, 0.25) is 0 Å². The Hall–Kier alpha value is -1.02. The van der Waals surface area contributed by atoms with E-state index in [1.165, 1.54) is 5.69 Å². The fourth-order valence-electron chi connectivity index (χ4n) is 1.50. The molecule has 2 N–H and O–H groups in total. The fraction of sp³-hybridized carbons (Fsp3) is 0.455. The van der Waals surface area contributed by atoms with Crippen LogP contribution in [0.1, 0.15) is 13.8 Å². The van der Waals surface area contributed by atoms with E-state index in [2.05, 4.69) is 43.0 Å². The van der Waals surface area contributed by atoms with Gasteiger partial charge >= 0.3 is 0 Å². The van der Waals surface area contributed by atoms with Gasteiger partial charge in [-0.25, -0.2) is 0 Å². The number of benzene rings is 1. The lowest BCUT2D eigenvalue weighted by atomic mass is 10.2. The summed E-state index contributed by atoms with van der Waals surface area (Å²) in [5.74, 6) is 0. The van der Waals surface area contributed by atoms with Crippen molar-refractivity contribution in [2.24, 2.45) is 5.73 Å². The minimum atomic E-state index is 0.410. The van der Waals surface area contributed by atoms with Gasteiger partial charge in [-0.3, -0.25) is 0 Å². The van der Waals surface area contributed by atoms with Gasteiger partial charge in [-0.05, 0) is 26.0 Å². The van der Waals surface area contributed by atoms with Gasteiger partial charge < -0.3 is 10.6 Å². The monoisotopic (exact) mass is 178 g/mol. The number of hydrogen-bond donors (Lipinski definition) is 1. The topological polar surface area (TPSA) is 29.3 Å². The lowest BCUT2D eigenvalue weighted by Crippen LogP contribution is -2.38. The molecule has 1 unspecified atom stereocenters. The van der Waals surface area contributed by atoms with E-state index < -0.39 is 0 Å². The molecule has 0 aliphatic rings. The Morgan fingerprint density at radius 1 is 1.31 bits per heavy atom. The SMILES string of the molecule is CCN(c1ccccc1)C(C)CN. The summed E-state index contributed by atoms with van der Waals surface area (Å²) in [6.07, 6.45) is 0. The Bertz CT molecular complexity index is 233. The summed E-state index contributed by atoms with van der Waals surface area (Å²) in [7, 11) is 0. The number of nitrogens with two attached hydrogens (primary N) is 1. The number of likely N-dealkylation sites (N-methyl/N-ethyl adjacent to an activating group) is 1. The van der Waals surface area contributed by atoms with E-state index >= 15 is 0 Å². The Kier molecular flexibility index (Phi) is 3.77. The van der Waals surface area contributed by atoms with Gasteiger partial charge in [0, 0.05) is 24.8 Å². The molecule has 0 bridgehead atoms. The lowest BCUT2D eigenvalue weighted by Gasteiger charge is -2.29. The first-order chi connectivity index (χ1) is 6.29. The van der Waals surface area contributed by atoms with Crippen LogP contribution in [0.2, 0.25) is 0 Å². The third kappa shape index (κ3) is 2.46. The van der Waals surface area contributed by atoms with Crippen LogP contribution in [0.15, 0.2) is 30.3 Å². The Morgan fingerprint density at radius 2 is 1.92 bits per heavy atom. The molecular weight excluding hydrogens is 160 g/mol. The molecule has 0 aliphatic heterocycles. The molecule has 0 radical (unpaired) electrons. The third-order valence-corrected chi connectivity index (χ3v) is 2.30. The number of anilines is 1. The Labute approximate surface area is 80.4 Å². The van der Waals surface area contributed by atoms with Gasteiger partial charge in [-0.15, -0.1) is 0 Å². The smallest absolute Gasteiger partial charge is 0.0383 e. The summed E-state index contributed by atoms with van der Waals surface area (Å²) < 4.78 is 0. The zero-order valence-corrected chi connectivity index (χ0v) is 8.40. The van der Waals surface area contributed by atoms with E-state index in [1.54, 1.807) is 0 Å². The minimum absolute atomic E-state index is 0.410. The summed E-state index contributed by atoms with van der Waals surface area (Å²) in [5.41, 5.74) is 6.90. The van der Waals surface area contributed by atoms with E-state index in [-0.39, 0.29) is 0 Å². The molecular formula is C11H18N2. The maximum absolute atomic E-state index is 5.64. The highest BCUT2D eigenvalue weighted by atomic mass is 15.2. The molecule has 1 atom stereocenters. The van der Waals surface area contributed by atoms with Crippen molar-refractivity contribution < 1.29 is 0 Å². The van der Waals surface area contributed by atoms with Crippen molar-refractivity contribution in [1.29, 1.82) is 0 Å². The fourth-order valence-corrected chi connectivity index (χ4v) is 1.50. The molecule has 0 spiro atoms. The van der Waals surface area contributed by atoms with Crippen molar-refractivity contribution in [3.05, 3.63) is 30.3 Å². The van der Waals surface area contributed by atoms with Crippen LogP contribution in [-0.2, 0) is 0 Å². The van der Waals surface area contributed by atoms with Crippen LogP contribution < -0.4 is 10.6 Å². The van der Waals surface area contributed by atoms with Gasteiger partial charge in [0.05, 0.1) is 0 Å². The predicted octanol–water partition coefficient (Wildman–Crippen LogP) is 1.86. The Balaban J connectivity index is 2.78. The Morgan fingerprint density at radius 3 is 2.38 bits per heavy atom. The molecule has 0 amide bonds. The van der Waals surface area contributed by atoms with E-state index in [1.807, 2.05) is 6.07 Å². The molecule has 1 aromatic carbocycles. The van der Waals surface area contributed by atoms with Gasteiger partial charge in [0.15, 0.2) is 0 Å². The zero-order valence-electron chi connectivity index (χ0n) is 8.40. The van der Waals surface area contributed by atoms with E-state index in [0.717, 1.165) is 6.54 Å². The number of rotatable bonds is 4. The summed E-state index contributed by atoms with van der Waals surface area (Å²) in [6.45, 7) is 6.00. The summed E-state index contributed by atoms with van der Waals surface area (Å²) in [4.78, 5) is 2.31. The van der Waals surface area contributed by atoms with E-state index in [9.17, 15) is 0 Å². The lowest BCUT2D eigenvalue weighted by molar-refractivity contribution is 0.657. The van der Waals surface area contributed by atoms with Crippen LogP contribution in [-0.4, -0.2) is 19.1 Å². The molecule has 2 nitrogen and oxygen atoms in total. The van der Waals surface area contributed by atoms with Crippen LogP contribution in [0.5, 0.6) is 0 Å². The average Bonchev–Trinajstić information content (AvgIpc) is 2.20. The largest absolute Gasteiger partial charge is 0.368 e. The second-order valence-corrected chi connectivity index (χ2v) is 3.21. The van der Waals surface area contributed by atoms with Crippen LogP contribution in [0.25, 0.3) is 0 Å². The van der Waals surface area contributed by atoms with Crippen LogP contribution in [0.4, 0.5) is 5.69 Å². The quantitative estimate of drug-likeness (QED) is 0.762. The summed E-state index contributed by atoms with van der Waals surface area (Å²) in [5, 5.41) is 0. The molecule has 0 saturated heterocycles. The first kappa shape index (κ1) is 10.1. The predicted molar refractivity (Wildman–Crippen MR) is 58.0 cm³/mol. The second kappa shape index (κ2) is 4.87. The zero-order chi connectivity index (χ0) is 9.68. The maximum atomic E-state index is 5.64. The molecule has 0 aromatic heterocycles. The average molecular weight is 178 g/mol. The molecule has 1 rings (SSSR count). The van der Waals surface area contributed by atoms with Crippen LogP contribution in [0.3, 0.4) is 0 Å². The molecule has 0 saturated carbocycles. The first-order valence-electron chi connectivity index (χ1n) is 4.81. The molecule has 0 aliphatic carbocycles. The van der Waals surface area contributed by atoms with Crippen molar-refractivity contribution in [2.45, 2.75) is 19.9 Å². The highest BCUT2D eigenvalue weighted by molar-refractivity contribution is 5.46. The van der Waals surface area contributed by atoms with Gasteiger partial charge in [0.1, 0.15) is 0 Å². The molecule has 2 heteroatoms. The highest BCUT2D eigenvalue weighted by Crippen LogP contribution is 2.15. The maximum Gasteiger partial charge on any atom is 0.0383 e. The molecule has 0 fully saturated rings. The second-order valence-electron chi connectivity index (χ2n) is 3.21. The number of hydrogen-bond acceptors (Lipinski definition) is 2. The standard InChI is InChI=1S/C11H18N2/c1-3-13(10(2)9-12)11-7-5-4-6-8-11/h4-8,10H,3,9,12H2,1-2H3. The normalized spacial score (nSPS) is 12.5. The van der Waals surface area contributed by atoms with Crippen molar-refractivity contribution in [3.63, 3.8) is 0 Å². The molecule has 0 heterocycles. The van der Waals surface area contributed by atoms with Crippen molar-refractivity contribution in [1.82, 2.24) is 0 Å². The molecule has 13 heavy (non-hydrogen) atoms. The third-order valence-electron chi connectivity index (χ3n) is 2.30. The molecule has 1 aromatic rings. The number of nitrogens with zero attached hydrogens (tertiary/aromatic N) is 1.